The molecule has 0 fully saturated rings. The van der Waals surface area contributed by atoms with Gasteiger partial charge in [-0.1, -0.05) is 13.8 Å². The molecule has 0 saturated carbocycles. The van der Waals surface area contributed by atoms with Crippen molar-refractivity contribution in [1.82, 2.24) is 10.3 Å². The first-order valence-electron chi connectivity index (χ1n) is 7.43. The molecule has 118 valence electrons. The average Bonchev–Trinajstić information content (AvgIpc) is 2.70. The van der Waals surface area contributed by atoms with Crippen LogP contribution in [0.4, 0.5) is 0 Å². The number of carbonyl (C=O) groups excluding carboxylic acids is 2. The number of esters is 1. The molecule has 2 N–H and O–H groups in total. The van der Waals surface area contributed by atoms with Gasteiger partial charge in [0, 0.05) is 11.3 Å². The second-order valence-electron chi connectivity index (χ2n) is 5.73. The Kier molecular flexibility index (Phi) is 6.15. The molecular weight excluding hydrogens is 268 g/mol. The minimum Gasteiger partial charge on any atom is -0.461 e. The summed E-state index contributed by atoms with van der Waals surface area (Å²) in [5.74, 6) is 0.0566. The minimum absolute atomic E-state index is 0.00236. The van der Waals surface area contributed by atoms with Crippen molar-refractivity contribution >= 4 is 11.8 Å². The molecule has 21 heavy (non-hydrogen) atoms. The van der Waals surface area contributed by atoms with Crippen LogP contribution in [0, 0.1) is 19.8 Å². The third-order valence-corrected chi connectivity index (χ3v) is 3.39. The maximum absolute atomic E-state index is 12.6. The lowest BCUT2D eigenvalue weighted by molar-refractivity contribution is 0.0519. The standard InChI is InChI=1S/C16H26N2O3/c1-7-21-16(20)14-10(4)13(11(5)18-14)15(19)12(6)17-8-9(2)3/h9,12,17-18H,7-8H2,1-6H3. The second-order valence-corrected chi connectivity index (χ2v) is 5.73. The van der Waals surface area contributed by atoms with Gasteiger partial charge in [-0.15, -0.1) is 0 Å². The van der Waals surface area contributed by atoms with E-state index in [-0.39, 0.29) is 11.8 Å². The number of carbonyl (C=O) groups is 2. The molecular formula is C16H26N2O3. The molecule has 0 radical (unpaired) electrons. The highest BCUT2D eigenvalue weighted by Crippen LogP contribution is 2.20. The highest BCUT2D eigenvalue weighted by atomic mass is 16.5. The number of hydrogen-bond donors (Lipinski definition) is 2. The van der Waals surface area contributed by atoms with Crippen LogP contribution < -0.4 is 5.32 Å². The third-order valence-electron chi connectivity index (χ3n) is 3.39. The topological polar surface area (TPSA) is 71.2 Å². The van der Waals surface area contributed by atoms with Crippen molar-refractivity contribution in [2.45, 2.75) is 47.6 Å². The van der Waals surface area contributed by atoms with Gasteiger partial charge < -0.3 is 15.0 Å². The number of aromatic nitrogens is 1. The smallest absolute Gasteiger partial charge is 0.355 e. The van der Waals surface area contributed by atoms with E-state index in [1.807, 2.05) is 6.92 Å². The first-order valence-corrected chi connectivity index (χ1v) is 7.43. The Morgan fingerprint density at radius 2 is 1.86 bits per heavy atom. The van der Waals surface area contributed by atoms with Gasteiger partial charge in [0.15, 0.2) is 5.78 Å². The Hall–Kier alpha value is -1.62. The van der Waals surface area contributed by atoms with Gasteiger partial charge in [0.25, 0.3) is 0 Å². The summed E-state index contributed by atoms with van der Waals surface area (Å²) in [4.78, 5) is 27.4. The zero-order valence-corrected chi connectivity index (χ0v) is 13.8. The molecule has 0 aliphatic rings. The van der Waals surface area contributed by atoms with Crippen LogP contribution >= 0.6 is 0 Å². The Labute approximate surface area is 126 Å². The zero-order chi connectivity index (χ0) is 16.2. The summed E-state index contributed by atoms with van der Waals surface area (Å²) in [6, 6.07) is -0.282. The highest BCUT2D eigenvalue weighted by Gasteiger charge is 2.25. The SMILES string of the molecule is CCOC(=O)c1[nH]c(C)c(C(=O)C(C)NCC(C)C)c1C. The molecule has 0 spiro atoms. The summed E-state index contributed by atoms with van der Waals surface area (Å²) < 4.78 is 5.00. The van der Waals surface area contributed by atoms with Crippen LogP contribution in [0.2, 0.25) is 0 Å². The summed E-state index contributed by atoms with van der Waals surface area (Å²) in [6.07, 6.45) is 0. The predicted octanol–water partition coefficient (Wildman–Crippen LogP) is 2.63. The van der Waals surface area contributed by atoms with Gasteiger partial charge in [-0.3, -0.25) is 4.79 Å². The molecule has 1 rings (SSSR count). The summed E-state index contributed by atoms with van der Waals surface area (Å²) >= 11 is 0. The molecule has 5 heteroatoms. The maximum Gasteiger partial charge on any atom is 0.355 e. The number of ether oxygens (including phenoxy) is 1. The number of Topliss-reactive ketones (excluding diaryl/α,β-unsaturated/α-hetero) is 1. The fourth-order valence-electron chi connectivity index (χ4n) is 2.25. The number of nitrogens with one attached hydrogen (secondary N) is 2. The molecule has 1 aromatic rings. The molecule has 0 bridgehead atoms. The Morgan fingerprint density at radius 3 is 2.38 bits per heavy atom. The Morgan fingerprint density at radius 1 is 1.24 bits per heavy atom. The van der Waals surface area contributed by atoms with Crippen molar-refractivity contribution in [3.05, 3.63) is 22.5 Å². The van der Waals surface area contributed by atoms with E-state index in [9.17, 15) is 9.59 Å². The van der Waals surface area contributed by atoms with Crippen LogP contribution in [-0.2, 0) is 4.74 Å². The van der Waals surface area contributed by atoms with Crippen molar-refractivity contribution < 1.29 is 14.3 Å². The van der Waals surface area contributed by atoms with E-state index in [2.05, 4.69) is 24.1 Å². The van der Waals surface area contributed by atoms with Crippen LogP contribution in [0.3, 0.4) is 0 Å². The Bertz CT molecular complexity index is 518. The number of aryl methyl sites for hydroxylation is 1. The third kappa shape index (κ3) is 4.17. The largest absolute Gasteiger partial charge is 0.461 e. The summed E-state index contributed by atoms with van der Waals surface area (Å²) in [7, 11) is 0. The van der Waals surface area contributed by atoms with Gasteiger partial charge in [0.1, 0.15) is 5.69 Å². The first-order chi connectivity index (χ1) is 9.79. The molecule has 0 aliphatic carbocycles. The zero-order valence-electron chi connectivity index (χ0n) is 13.8. The molecule has 1 heterocycles. The minimum atomic E-state index is -0.417. The molecule has 1 atom stereocenters. The fourth-order valence-corrected chi connectivity index (χ4v) is 2.25. The monoisotopic (exact) mass is 294 g/mol. The first kappa shape index (κ1) is 17.4. The molecule has 1 aromatic heterocycles. The number of rotatable bonds is 7. The molecule has 0 aliphatic heterocycles. The van der Waals surface area contributed by atoms with Gasteiger partial charge in [-0.2, -0.15) is 0 Å². The van der Waals surface area contributed by atoms with E-state index in [4.69, 9.17) is 4.74 Å². The van der Waals surface area contributed by atoms with Gasteiger partial charge in [0.2, 0.25) is 0 Å². The number of H-pyrrole nitrogens is 1. The summed E-state index contributed by atoms with van der Waals surface area (Å²) in [5, 5.41) is 3.22. The van der Waals surface area contributed by atoms with Crippen molar-refractivity contribution in [3.8, 4) is 0 Å². The molecule has 0 amide bonds. The van der Waals surface area contributed by atoms with Crippen LogP contribution in [0.15, 0.2) is 0 Å². The van der Waals surface area contributed by atoms with E-state index in [0.717, 1.165) is 6.54 Å². The lowest BCUT2D eigenvalue weighted by Gasteiger charge is -2.15. The fraction of sp³-hybridized carbons (Fsp3) is 0.625. The normalized spacial score (nSPS) is 12.5. The van der Waals surface area contributed by atoms with Crippen molar-refractivity contribution in [2.75, 3.05) is 13.2 Å². The molecule has 1 unspecified atom stereocenters. The number of hydrogen-bond acceptors (Lipinski definition) is 4. The maximum atomic E-state index is 12.6. The summed E-state index contributed by atoms with van der Waals surface area (Å²) in [6.45, 7) is 12.5. The van der Waals surface area contributed by atoms with E-state index >= 15 is 0 Å². The quantitative estimate of drug-likeness (QED) is 0.599. The predicted molar refractivity (Wildman–Crippen MR) is 82.9 cm³/mol. The van der Waals surface area contributed by atoms with E-state index in [1.54, 1.807) is 20.8 Å². The van der Waals surface area contributed by atoms with Crippen molar-refractivity contribution in [3.63, 3.8) is 0 Å². The van der Waals surface area contributed by atoms with Crippen LogP contribution in [-0.4, -0.2) is 35.9 Å². The number of aromatic amines is 1. The van der Waals surface area contributed by atoms with E-state index in [0.29, 0.717) is 35.0 Å². The second kappa shape index (κ2) is 7.41. The summed E-state index contributed by atoms with van der Waals surface area (Å²) in [5.41, 5.74) is 2.32. The van der Waals surface area contributed by atoms with Crippen molar-refractivity contribution in [1.29, 1.82) is 0 Å². The van der Waals surface area contributed by atoms with Crippen LogP contribution in [0.1, 0.15) is 59.8 Å². The average molecular weight is 294 g/mol. The lowest BCUT2D eigenvalue weighted by atomic mass is 10.0. The van der Waals surface area contributed by atoms with E-state index in [1.165, 1.54) is 0 Å². The van der Waals surface area contributed by atoms with Gasteiger partial charge >= 0.3 is 5.97 Å². The Balaban J connectivity index is 2.97. The van der Waals surface area contributed by atoms with Crippen LogP contribution in [0.5, 0.6) is 0 Å². The van der Waals surface area contributed by atoms with E-state index < -0.39 is 5.97 Å². The van der Waals surface area contributed by atoms with Gasteiger partial charge in [0.05, 0.1) is 12.6 Å². The molecule has 5 nitrogen and oxygen atoms in total. The lowest BCUT2D eigenvalue weighted by Crippen LogP contribution is -2.36. The van der Waals surface area contributed by atoms with Crippen LogP contribution in [0.25, 0.3) is 0 Å². The number of ketones is 1. The highest BCUT2D eigenvalue weighted by molar-refractivity contribution is 6.05. The van der Waals surface area contributed by atoms with Gasteiger partial charge in [-0.05, 0) is 45.7 Å². The molecule has 0 aromatic carbocycles. The van der Waals surface area contributed by atoms with Gasteiger partial charge in [-0.25, -0.2) is 4.79 Å². The van der Waals surface area contributed by atoms with Crippen molar-refractivity contribution in [2.24, 2.45) is 5.92 Å². The molecule has 0 saturated heterocycles.